The van der Waals surface area contributed by atoms with Crippen molar-refractivity contribution in [1.82, 2.24) is 0 Å². The van der Waals surface area contributed by atoms with Gasteiger partial charge in [0.2, 0.25) is 0 Å². The lowest BCUT2D eigenvalue weighted by Crippen LogP contribution is -2.24. The van der Waals surface area contributed by atoms with E-state index in [1.165, 1.54) is 0 Å². The van der Waals surface area contributed by atoms with Crippen LogP contribution in [0.2, 0.25) is 0 Å². The van der Waals surface area contributed by atoms with Gasteiger partial charge < -0.3 is 5.11 Å². The second-order valence-electron chi connectivity index (χ2n) is 4.58. The topological polar surface area (TPSA) is 20.2 Å². The molecule has 0 spiro atoms. The Hall–Kier alpha value is -0.640. The first-order chi connectivity index (χ1) is 8.47. The van der Waals surface area contributed by atoms with Crippen molar-refractivity contribution in [3.63, 3.8) is 0 Å². The third-order valence-corrected chi connectivity index (χ3v) is 3.99. The number of hydrogen-bond acceptors (Lipinski definition) is 1. The molecule has 2 aromatic carbocycles. The summed E-state index contributed by atoms with van der Waals surface area (Å²) in [5.74, 6) is 0. The molecule has 0 aliphatic carbocycles. The lowest BCUT2D eigenvalue weighted by Gasteiger charge is -2.24. The van der Waals surface area contributed by atoms with Gasteiger partial charge in [-0.05, 0) is 42.3 Å². The smallest absolute Gasteiger partial charge is 0.0908 e. The van der Waals surface area contributed by atoms with E-state index in [1.807, 2.05) is 55.5 Å². The largest absolute Gasteiger partial charge is 0.385 e. The fraction of sp³-hybridized carbons (Fsp3) is 0.200. The van der Waals surface area contributed by atoms with Gasteiger partial charge in [0.05, 0.1) is 5.60 Å². The Morgan fingerprint density at radius 3 is 1.83 bits per heavy atom. The van der Waals surface area contributed by atoms with Crippen LogP contribution in [0.4, 0.5) is 0 Å². The molecule has 2 aromatic rings. The molecular weight excluding hydrogens is 356 g/mol. The summed E-state index contributed by atoms with van der Waals surface area (Å²) in [6, 6.07) is 15.8. The number of benzene rings is 2. The molecule has 0 heterocycles. The molecule has 0 amide bonds. The first kappa shape index (κ1) is 13.8. The van der Waals surface area contributed by atoms with Gasteiger partial charge in [-0.3, -0.25) is 0 Å². The van der Waals surface area contributed by atoms with Crippen molar-refractivity contribution >= 4 is 31.9 Å². The average Bonchev–Trinajstić information content (AvgIpc) is 2.32. The van der Waals surface area contributed by atoms with Crippen molar-refractivity contribution in [2.24, 2.45) is 0 Å². The third-order valence-electron chi connectivity index (χ3n) is 2.93. The van der Waals surface area contributed by atoms with E-state index >= 15 is 0 Å². The van der Waals surface area contributed by atoms with E-state index in [1.54, 1.807) is 0 Å². The maximum atomic E-state index is 10.6. The summed E-state index contributed by atoms with van der Waals surface area (Å²) in [4.78, 5) is 0. The first-order valence-electron chi connectivity index (χ1n) is 5.70. The number of halogens is 2. The molecule has 0 saturated carbocycles. The molecule has 0 aromatic heterocycles. The van der Waals surface area contributed by atoms with Crippen molar-refractivity contribution in [3.05, 3.63) is 68.6 Å². The van der Waals surface area contributed by atoms with Crippen LogP contribution in [0.1, 0.15) is 18.1 Å². The van der Waals surface area contributed by atoms with Gasteiger partial charge in [-0.1, -0.05) is 56.1 Å². The zero-order chi connectivity index (χ0) is 13.2. The Morgan fingerprint density at radius 1 is 0.889 bits per heavy atom. The molecule has 0 aliphatic rings. The quantitative estimate of drug-likeness (QED) is 0.833. The fourth-order valence-electron chi connectivity index (χ4n) is 1.91. The molecule has 1 atom stereocenters. The van der Waals surface area contributed by atoms with E-state index in [0.717, 1.165) is 20.1 Å². The molecular formula is C15H14Br2O. The highest BCUT2D eigenvalue weighted by molar-refractivity contribution is 9.10. The second kappa shape index (κ2) is 5.55. The van der Waals surface area contributed by atoms with E-state index < -0.39 is 5.60 Å². The minimum absolute atomic E-state index is 0.599. The molecule has 1 nitrogen and oxygen atoms in total. The molecule has 3 heteroatoms. The van der Waals surface area contributed by atoms with E-state index in [-0.39, 0.29) is 0 Å². The van der Waals surface area contributed by atoms with Crippen LogP contribution in [0, 0.1) is 0 Å². The fourth-order valence-corrected chi connectivity index (χ4v) is 2.44. The maximum Gasteiger partial charge on any atom is 0.0908 e. The van der Waals surface area contributed by atoms with Crippen LogP contribution in [0.25, 0.3) is 0 Å². The summed E-state index contributed by atoms with van der Waals surface area (Å²) in [7, 11) is 0. The molecule has 0 radical (unpaired) electrons. The Morgan fingerprint density at radius 2 is 1.33 bits per heavy atom. The Labute approximate surface area is 124 Å². The van der Waals surface area contributed by atoms with Crippen molar-refractivity contribution in [3.8, 4) is 0 Å². The van der Waals surface area contributed by atoms with Crippen molar-refractivity contribution < 1.29 is 5.11 Å². The van der Waals surface area contributed by atoms with Gasteiger partial charge in [0.15, 0.2) is 0 Å². The molecule has 0 fully saturated rings. The zero-order valence-corrected chi connectivity index (χ0v) is 13.2. The maximum absolute atomic E-state index is 10.6. The lowest BCUT2D eigenvalue weighted by molar-refractivity contribution is 0.0576. The molecule has 18 heavy (non-hydrogen) atoms. The number of hydrogen-bond donors (Lipinski definition) is 1. The molecule has 1 unspecified atom stereocenters. The van der Waals surface area contributed by atoms with Crippen LogP contribution in [0.15, 0.2) is 57.5 Å². The first-order valence-corrected chi connectivity index (χ1v) is 7.29. The van der Waals surface area contributed by atoms with E-state index in [2.05, 4.69) is 31.9 Å². The van der Waals surface area contributed by atoms with Crippen LogP contribution < -0.4 is 0 Å². The molecule has 2 rings (SSSR count). The highest BCUT2D eigenvalue weighted by Crippen LogP contribution is 2.27. The van der Waals surface area contributed by atoms with Gasteiger partial charge in [-0.2, -0.15) is 0 Å². The predicted molar refractivity (Wildman–Crippen MR) is 81.6 cm³/mol. The van der Waals surface area contributed by atoms with E-state index in [4.69, 9.17) is 0 Å². The van der Waals surface area contributed by atoms with Gasteiger partial charge in [0, 0.05) is 15.4 Å². The van der Waals surface area contributed by atoms with Crippen molar-refractivity contribution in [2.45, 2.75) is 18.9 Å². The summed E-state index contributed by atoms with van der Waals surface area (Å²) in [6.07, 6.45) is 0.599. The second-order valence-corrected chi connectivity index (χ2v) is 6.42. The van der Waals surface area contributed by atoms with E-state index in [9.17, 15) is 5.11 Å². The summed E-state index contributed by atoms with van der Waals surface area (Å²) in [6.45, 7) is 1.85. The standard InChI is InChI=1S/C15H14Br2O/c1-15(18,12-4-8-14(17)9-5-12)10-11-2-6-13(16)7-3-11/h2-9,18H,10H2,1H3. The normalized spacial score (nSPS) is 14.2. The van der Waals surface area contributed by atoms with Crippen molar-refractivity contribution in [2.75, 3.05) is 0 Å². The van der Waals surface area contributed by atoms with Gasteiger partial charge in [-0.25, -0.2) is 0 Å². The third kappa shape index (κ3) is 3.44. The molecule has 94 valence electrons. The zero-order valence-electron chi connectivity index (χ0n) is 10.0. The number of rotatable bonds is 3. The molecule has 0 aliphatic heterocycles. The minimum atomic E-state index is -0.853. The van der Waals surface area contributed by atoms with Crippen LogP contribution in [0.3, 0.4) is 0 Å². The molecule has 0 saturated heterocycles. The van der Waals surface area contributed by atoms with Crippen LogP contribution >= 0.6 is 31.9 Å². The van der Waals surface area contributed by atoms with Crippen LogP contribution in [-0.2, 0) is 12.0 Å². The van der Waals surface area contributed by atoms with Crippen molar-refractivity contribution in [1.29, 1.82) is 0 Å². The monoisotopic (exact) mass is 368 g/mol. The average molecular weight is 370 g/mol. The lowest BCUT2D eigenvalue weighted by atomic mass is 9.89. The SMILES string of the molecule is CC(O)(Cc1ccc(Br)cc1)c1ccc(Br)cc1. The van der Waals surface area contributed by atoms with Gasteiger partial charge in [0.25, 0.3) is 0 Å². The Bertz CT molecular complexity index is 515. The molecule has 1 N–H and O–H groups in total. The van der Waals surface area contributed by atoms with Gasteiger partial charge in [-0.15, -0.1) is 0 Å². The summed E-state index contributed by atoms with van der Waals surface area (Å²) < 4.78 is 2.07. The summed E-state index contributed by atoms with van der Waals surface area (Å²) in [5.41, 5.74) is 1.19. The highest BCUT2D eigenvalue weighted by atomic mass is 79.9. The van der Waals surface area contributed by atoms with Gasteiger partial charge in [0.1, 0.15) is 0 Å². The number of aliphatic hydroxyl groups is 1. The van der Waals surface area contributed by atoms with Gasteiger partial charge >= 0.3 is 0 Å². The summed E-state index contributed by atoms with van der Waals surface area (Å²) >= 11 is 6.81. The van der Waals surface area contributed by atoms with E-state index in [0.29, 0.717) is 6.42 Å². The van der Waals surface area contributed by atoms with Crippen LogP contribution in [-0.4, -0.2) is 5.11 Å². The Balaban J connectivity index is 2.20. The predicted octanol–water partition coefficient (Wildman–Crippen LogP) is 4.66. The van der Waals surface area contributed by atoms with Crippen LogP contribution in [0.5, 0.6) is 0 Å². The highest BCUT2D eigenvalue weighted by Gasteiger charge is 2.23. The molecule has 0 bridgehead atoms. The summed E-state index contributed by atoms with van der Waals surface area (Å²) in [5, 5.41) is 10.6. The minimum Gasteiger partial charge on any atom is -0.385 e. The Kier molecular flexibility index (Phi) is 4.25.